The number of nitrogens with one attached hydrogen (secondary N) is 2. The fraction of sp³-hybridized carbons (Fsp3) is 0.625. The zero-order valence-corrected chi connectivity index (χ0v) is 7.66. The Bertz CT molecular complexity index is 330. The minimum atomic E-state index is -1.01. The van der Waals surface area contributed by atoms with Gasteiger partial charge in [0.15, 0.2) is 5.69 Å². The molecule has 0 aliphatic carbocycles. The lowest BCUT2D eigenvalue weighted by Crippen LogP contribution is -2.29. The van der Waals surface area contributed by atoms with Crippen LogP contribution in [0.15, 0.2) is 0 Å². The van der Waals surface area contributed by atoms with Crippen molar-refractivity contribution in [2.75, 3.05) is 13.1 Å². The molecule has 6 heteroatoms. The lowest BCUT2D eigenvalue weighted by Gasteiger charge is -2.20. The first-order valence-corrected chi connectivity index (χ1v) is 4.63. The topological polar surface area (TPSA) is 90.9 Å². The second-order valence-corrected chi connectivity index (χ2v) is 3.41. The molecule has 1 aliphatic rings. The summed E-state index contributed by atoms with van der Waals surface area (Å²) in [6.07, 6.45) is 2.02. The fourth-order valence-corrected chi connectivity index (χ4v) is 1.77. The number of hydrogen-bond acceptors (Lipinski definition) is 4. The van der Waals surface area contributed by atoms with Gasteiger partial charge in [-0.15, -0.1) is 5.10 Å². The van der Waals surface area contributed by atoms with E-state index >= 15 is 0 Å². The smallest absolute Gasteiger partial charge is 0.358 e. The Balaban J connectivity index is 2.21. The Morgan fingerprint density at radius 2 is 2.36 bits per heavy atom. The van der Waals surface area contributed by atoms with Crippen LogP contribution >= 0.6 is 0 Å². The average molecular weight is 196 g/mol. The predicted molar refractivity (Wildman–Crippen MR) is 48.2 cm³/mol. The van der Waals surface area contributed by atoms with Gasteiger partial charge in [0.05, 0.1) is 0 Å². The van der Waals surface area contributed by atoms with E-state index in [0.717, 1.165) is 25.9 Å². The van der Waals surface area contributed by atoms with Crippen LogP contribution in [0.5, 0.6) is 0 Å². The van der Waals surface area contributed by atoms with Gasteiger partial charge in [0.2, 0.25) is 0 Å². The van der Waals surface area contributed by atoms with Crippen molar-refractivity contribution in [3.05, 3.63) is 11.4 Å². The van der Waals surface area contributed by atoms with Crippen molar-refractivity contribution in [1.29, 1.82) is 0 Å². The molecule has 0 spiro atoms. The summed E-state index contributed by atoms with van der Waals surface area (Å²) in [5, 5.41) is 22.0. The van der Waals surface area contributed by atoms with Gasteiger partial charge in [0.25, 0.3) is 0 Å². The molecule has 2 heterocycles. The van der Waals surface area contributed by atoms with Crippen LogP contribution in [0.3, 0.4) is 0 Å². The summed E-state index contributed by atoms with van der Waals surface area (Å²) in [5.74, 6) is -0.840. The lowest BCUT2D eigenvalue weighted by atomic mass is 9.95. The van der Waals surface area contributed by atoms with E-state index in [1.54, 1.807) is 0 Å². The molecule has 76 valence electrons. The minimum absolute atomic E-state index is 0.0544. The van der Waals surface area contributed by atoms with Crippen LogP contribution in [0, 0.1) is 0 Å². The highest BCUT2D eigenvalue weighted by Crippen LogP contribution is 2.22. The number of aromatic amines is 1. The van der Waals surface area contributed by atoms with Crippen LogP contribution < -0.4 is 5.32 Å². The molecule has 14 heavy (non-hydrogen) atoms. The Kier molecular flexibility index (Phi) is 2.45. The van der Waals surface area contributed by atoms with Crippen LogP contribution in [0.1, 0.15) is 34.9 Å². The quantitative estimate of drug-likeness (QED) is 0.618. The molecule has 1 saturated heterocycles. The predicted octanol–water partition coefficient (Wildman–Crippen LogP) is -0.0301. The molecule has 0 aromatic carbocycles. The van der Waals surface area contributed by atoms with Gasteiger partial charge in [-0.05, 0) is 19.4 Å². The molecule has 0 bridgehead atoms. The third kappa shape index (κ3) is 1.60. The fourth-order valence-electron chi connectivity index (χ4n) is 1.77. The van der Waals surface area contributed by atoms with Crippen molar-refractivity contribution in [1.82, 2.24) is 20.7 Å². The van der Waals surface area contributed by atoms with Gasteiger partial charge in [-0.2, -0.15) is 10.3 Å². The van der Waals surface area contributed by atoms with E-state index < -0.39 is 5.97 Å². The number of aromatic nitrogens is 3. The molecule has 6 nitrogen and oxygen atoms in total. The van der Waals surface area contributed by atoms with Crippen LogP contribution in [0.25, 0.3) is 0 Å². The molecule has 1 aromatic rings. The molecule has 1 aliphatic heterocycles. The zero-order chi connectivity index (χ0) is 9.97. The number of rotatable bonds is 2. The Labute approximate surface area is 80.7 Å². The number of H-pyrrole nitrogens is 1. The molecule has 1 aromatic heterocycles. The Morgan fingerprint density at radius 1 is 1.50 bits per heavy atom. The third-order valence-corrected chi connectivity index (χ3v) is 2.46. The van der Waals surface area contributed by atoms with E-state index in [-0.39, 0.29) is 11.6 Å². The van der Waals surface area contributed by atoms with Crippen LogP contribution in [0.2, 0.25) is 0 Å². The normalized spacial score (nSPS) is 22.1. The monoisotopic (exact) mass is 196 g/mol. The average Bonchev–Trinajstić information content (AvgIpc) is 2.67. The van der Waals surface area contributed by atoms with Crippen molar-refractivity contribution in [3.8, 4) is 0 Å². The molecule has 0 saturated carbocycles. The highest BCUT2D eigenvalue weighted by Gasteiger charge is 2.24. The summed E-state index contributed by atoms with van der Waals surface area (Å²) >= 11 is 0. The highest BCUT2D eigenvalue weighted by atomic mass is 16.4. The van der Waals surface area contributed by atoms with Crippen LogP contribution in [-0.4, -0.2) is 39.6 Å². The zero-order valence-electron chi connectivity index (χ0n) is 7.66. The first-order chi connectivity index (χ1) is 6.79. The van der Waals surface area contributed by atoms with Crippen molar-refractivity contribution in [2.24, 2.45) is 0 Å². The summed E-state index contributed by atoms with van der Waals surface area (Å²) < 4.78 is 0. The standard InChI is InChI=1S/C8H12N4O2/c13-8(14)7-6(10-12-11-7)5-2-1-3-9-4-5/h5,9H,1-4H2,(H,13,14)(H,10,11,12). The number of carboxylic acid groups (broad SMARTS) is 1. The number of hydrogen-bond donors (Lipinski definition) is 3. The molecule has 3 N–H and O–H groups in total. The summed E-state index contributed by atoms with van der Waals surface area (Å²) in [7, 11) is 0. The van der Waals surface area contributed by atoms with Gasteiger partial charge in [0.1, 0.15) is 5.69 Å². The molecule has 1 fully saturated rings. The molecule has 0 radical (unpaired) electrons. The van der Waals surface area contributed by atoms with Crippen molar-refractivity contribution in [2.45, 2.75) is 18.8 Å². The van der Waals surface area contributed by atoms with E-state index in [1.807, 2.05) is 0 Å². The van der Waals surface area contributed by atoms with E-state index in [4.69, 9.17) is 5.11 Å². The number of carbonyl (C=O) groups is 1. The first-order valence-electron chi connectivity index (χ1n) is 4.63. The minimum Gasteiger partial charge on any atom is -0.476 e. The number of aromatic carboxylic acids is 1. The maximum absolute atomic E-state index is 10.8. The second kappa shape index (κ2) is 3.75. The molecule has 1 unspecified atom stereocenters. The first kappa shape index (κ1) is 9.14. The summed E-state index contributed by atoms with van der Waals surface area (Å²) in [6, 6.07) is 0. The molecule has 2 rings (SSSR count). The van der Waals surface area contributed by atoms with Crippen molar-refractivity contribution in [3.63, 3.8) is 0 Å². The summed E-state index contributed by atoms with van der Waals surface area (Å²) in [5.41, 5.74) is 0.628. The van der Waals surface area contributed by atoms with E-state index in [9.17, 15) is 4.79 Å². The van der Waals surface area contributed by atoms with E-state index in [0.29, 0.717) is 5.69 Å². The summed E-state index contributed by atoms with van der Waals surface area (Å²) in [4.78, 5) is 10.8. The largest absolute Gasteiger partial charge is 0.476 e. The van der Waals surface area contributed by atoms with Gasteiger partial charge in [-0.3, -0.25) is 0 Å². The van der Waals surface area contributed by atoms with E-state index in [1.165, 1.54) is 0 Å². The Hall–Kier alpha value is -1.43. The van der Waals surface area contributed by atoms with Gasteiger partial charge in [0, 0.05) is 12.5 Å². The van der Waals surface area contributed by atoms with Crippen LogP contribution in [0.4, 0.5) is 0 Å². The van der Waals surface area contributed by atoms with Gasteiger partial charge in [-0.1, -0.05) is 0 Å². The molecule has 0 amide bonds. The Morgan fingerprint density at radius 3 is 3.00 bits per heavy atom. The second-order valence-electron chi connectivity index (χ2n) is 3.41. The molecule has 1 atom stereocenters. The SMILES string of the molecule is O=C(O)c1n[nH]nc1C1CCCNC1. The lowest BCUT2D eigenvalue weighted by molar-refractivity contribution is 0.0688. The maximum atomic E-state index is 10.8. The van der Waals surface area contributed by atoms with Crippen molar-refractivity contribution >= 4 is 5.97 Å². The maximum Gasteiger partial charge on any atom is 0.358 e. The van der Waals surface area contributed by atoms with E-state index in [2.05, 4.69) is 20.7 Å². The van der Waals surface area contributed by atoms with Crippen molar-refractivity contribution < 1.29 is 9.90 Å². The highest BCUT2D eigenvalue weighted by molar-refractivity contribution is 5.86. The number of nitrogens with zero attached hydrogens (tertiary/aromatic N) is 2. The van der Waals surface area contributed by atoms with Gasteiger partial charge < -0.3 is 10.4 Å². The third-order valence-electron chi connectivity index (χ3n) is 2.46. The number of piperidine rings is 1. The van der Waals surface area contributed by atoms with Crippen LogP contribution in [-0.2, 0) is 0 Å². The number of carboxylic acids is 1. The summed E-state index contributed by atoms with van der Waals surface area (Å²) in [6.45, 7) is 1.78. The molecular weight excluding hydrogens is 184 g/mol. The molecular formula is C8H12N4O2. The van der Waals surface area contributed by atoms with Gasteiger partial charge >= 0.3 is 5.97 Å². The van der Waals surface area contributed by atoms with Gasteiger partial charge in [-0.25, -0.2) is 4.79 Å².